The number of hydrogen-bond donors (Lipinski definition) is 1. The monoisotopic (exact) mass is 383 g/mol. The number of thiophene rings is 1. The van der Waals surface area contributed by atoms with E-state index in [9.17, 15) is 4.79 Å². The molecular weight excluding hydrogens is 358 g/mol. The number of amides is 1. The third-order valence-electron chi connectivity index (χ3n) is 4.35. The van der Waals surface area contributed by atoms with E-state index in [0.717, 1.165) is 34.8 Å². The van der Waals surface area contributed by atoms with E-state index in [4.69, 9.17) is 4.74 Å². The fourth-order valence-corrected chi connectivity index (χ4v) is 3.53. The fourth-order valence-electron chi connectivity index (χ4n) is 2.85. The van der Waals surface area contributed by atoms with Gasteiger partial charge in [0.15, 0.2) is 0 Å². The van der Waals surface area contributed by atoms with Gasteiger partial charge in [0.05, 0.1) is 17.7 Å². The normalized spacial score (nSPS) is 10.7. The van der Waals surface area contributed by atoms with Gasteiger partial charge >= 0.3 is 0 Å². The van der Waals surface area contributed by atoms with Gasteiger partial charge in [-0.3, -0.25) is 4.79 Å². The lowest BCUT2D eigenvalue weighted by atomic mass is 10.2. The fraction of sp³-hybridized carbons (Fsp3) is 0.333. The molecule has 0 radical (unpaired) electrons. The Balaban J connectivity index is 1.85. The van der Waals surface area contributed by atoms with Crippen LogP contribution in [0.5, 0.6) is 5.75 Å². The molecule has 1 aromatic carbocycles. The molecule has 0 aliphatic rings. The molecule has 1 N–H and O–H groups in total. The average Bonchev–Trinajstić information content (AvgIpc) is 3.37. The van der Waals surface area contributed by atoms with Crippen molar-refractivity contribution in [3.05, 3.63) is 53.5 Å². The third-order valence-corrected chi connectivity index (χ3v) is 5.24. The van der Waals surface area contributed by atoms with Crippen molar-refractivity contribution in [2.45, 2.75) is 32.6 Å². The Labute approximate surface area is 164 Å². The first kappa shape index (κ1) is 19.2. The van der Waals surface area contributed by atoms with Crippen LogP contribution in [-0.2, 0) is 0 Å². The van der Waals surface area contributed by atoms with E-state index in [2.05, 4.69) is 17.3 Å². The number of unbranched alkanes of at least 4 members (excludes halogenated alkanes) is 3. The first-order chi connectivity index (χ1) is 13.2. The standard InChI is InChI=1S/C21H25N3O2S/c1-3-4-5-6-13-22-21(25)19-15-18(20-8-7-14-27-20)23-24(19)16-9-11-17(26-2)12-10-16/h7-12,14-15H,3-6,13H2,1-2H3,(H,22,25). The van der Waals surface area contributed by atoms with Crippen molar-refractivity contribution in [1.82, 2.24) is 15.1 Å². The van der Waals surface area contributed by atoms with E-state index < -0.39 is 0 Å². The van der Waals surface area contributed by atoms with Gasteiger partial charge in [-0.2, -0.15) is 5.10 Å². The lowest BCUT2D eigenvalue weighted by Crippen LogP contribution is -2.26. The molecule has 142 valence electrons. The maximum absolute atomic E-state index is 12.8. The Morgan fingerprint density at radius 3 is 2.67 bits per heavy atom. The summed E-state index contributed by atoms with van der Waals surface area (Å²) in [6, 6.07) is 13.4. The number of carbonyl (C=O) groups excluding carboxylic acids is 1. The Hall–Kier alpha value is -2.60. The summed E-state index contributed by atoms with van der Waals surface area (Å²) in [6.45, 7) is 2.86. The number of benzene rings is 1. The van der Waals surface area contributed by atoms with Crippen LogP contribution in [0.1, 0.15) is 43.1 Å². The quantitative estimate of drug-likeness (QED) is 0.534. The summed E-state index contributed by atoms with van der Waals surface area (Å²) in [5, 5.41) is 9.72. The molecule has 0 saturated heterocycles. The van der Waals surface area contributed by atoms with Gasteiger partial charge < -0.3 is 10.1 Å². The highest BCUT2D eigenvalue weighted by Crippen LogP contribution is 2.26. The lowest BCUT2D eigenvalue weighted by Gasteiger charge is -2.09. The molecule has 0 unspecified atom stereocenters. The number of carbonyl (C=O) groups is 1. The van der Waals surface area contributed by atoms with E-state index in [0.29, 0.717) is 12.2 Å². The minimum atomic E-state index is -0.0994. The molecule has 2 aromatic heterocycles. The van der Waals surface area contributed by atoms with Crippen molar-refractivity contribution in [1.29, 1.82) is 0 Å². The molecule has 0 atom stereocenters. The van der Waals surface area contributed by atoms with E-state index in [1.165, 1.54) is 12.8 Å². The van der Waals surface area contributed by atoms with Crippen LogP contribution in [0.4, 0.5) is 0 Å². The zero-order chi connectivity index (χ0) is 19.1. The number of hydrogen-bond acceptors (Lipinski definition) is 4. The number of nitrogens with one attached hydrogen (secondary N) is 1. The van der Waals surface area contributed by atoms with E-state index in [1.807, 2.05) is 47.8 Å². The van der Waals surface area contributed by atoms with E-state index in [-0.39, 0.29) is 5.91 Å². The largest absolute Gasteiger partial charge is 0.497 e. The predicted octanol–water partition coefficient (Wildman–Crippen LogP) is 4.92. The molecule has 2 heterocycles. The third kappa shape index (κ3) is 4.77. The smallest absolute Gasteiger partial charge is 0.270 e. The Morgan fingerprint density at radius 2 is 2.00 bits per heavy atom. The Kier molecular flexibility index (Phi) is 6.65. The lowest BCUT2D eigenvalue weighted by molar-refractivity contribution is 0.0945. The zero-order valence-corrected chi connectivity index (χ0v) is 16.6. The van der Waals surface area contributed by atoms with Gasteiger partial charge in [0.2, 0.25) is 0 Å². The van der Waals surface area contributed by atoms with Gasteiger partial charge in [0, 0.05) is 6.54 Å². The highest BCUT2D eigenvalue weighted by atomic mass is 32.1. The van der Waals surface area contributed by atoms with E-state index >= 15 is 0 Å². The number of ether oxygens (including phenoxy) is 1. The topological polar surface area (TPSA) is 56.2 Å². The summed E-state index contributed by atoms with van der Waals surface area (Å²) in [6.07, 6.45) is 4.51. The second-order valence-electron chi connectivity index (χ2n) is 6.32. The minimum absolute atomic E-state index is 0.0994. The molecule has 3 rings (SSSR count). The van der Waals surface area contributed by atoms with Gasteiger partial charge in [0.1, 0.15) is 17.1 Å². The first-order valence-electron chi connectivity index (χ1n) is 9.29. The molecule has 0 fully saturated rings. The second-order valence-corrected chi connectivity index (χ2v) is 7.27. The van der Waals surface area contributed by atoms with Crippen molar-refractivity contribution in [2.75, 3.05) is 13.7 Å². The summed E-state index contributed by atoms with van der Waals surface area (Å²) in [5.41, 5.74) is 2.17. The SMILES string of the molecule is CCCCCCNC(=O)c1cc(-c2cccs2)nn1-c1ccc(OC)cc1. The van der Waals surface area contributed by atoms with Crippen LogP contribution in [0.3, 0.4) is 0 Å². The van der Waals surface area contributed by atoms with Crippen molar-refractivity contribution < 1.29 is 9.53 Å². The zero-order valence-electron chi connectivity index (χ0n) is 15.8. The first-order valence-corrected chi connectivity index (χ1v) is 10.2. The van der Waals surface area contributed by atoms with Crippen molar-refractivity contribution in [2.24, 2.45) is 0 Å². The summed E-state index contributed by atoms with van der Waals surface area (Å²) in [4.78, 5) is 13.8. The minimum Gasteiger partial charge on any atom is -0.497 e. The summed E-state index contributed by atoms with van der Waals surface area (Å²) >= 11 is 1.61. The molecule has 0 spiro atoms. The molecule has 5 nitrogen and oxygen atoms in total. The van der Waals surface area contributed by atoms with Crippen LogP contribution in [0.2, 0.25) is 0 Å². The van der Waals surface area contributed by atoms with Gasteiger partial charge in [-0.25, -0.2) is 4.68 Å². The molecule has 3 aromatic rings. The van der Waals surface area contributed by atoms with Crippen LogP contribution < -0.4 is 10.1 Å². The number of methoxy groups -OCH3 is 1. The molecule has 6 heteroatoms. The molecule has 27 heavy (non-hydrogen) atoms. The van der Waals surface area contributed by atoms with Crippen LogP contribution in [0.25, 0.3) is 16.3 Å². The van der Waals surface area contributed by atoms with Gasteiger partial charge in [0.25, 0.3) is 5.91 Å². The van der Waals surface area contributed by atoms with Crippen LogP contribution in [0, 0.1) is 0 Å². The highest BCUT2D eigenvalue weighted by molar-refractivity contribution is 7.13. The molecular formula is C21H25N3O2S. The Morgan fingerprint density at radius 1 is 1.19 bits per heavy atom. The van der Waals surface area contributed by atoms with Crippen molar-refractivity contribution >= 4 is 17.2 Å². The molecule has 0 bridgehead atoms. The molecule has 0 aliphatic carbocycles. The molecule has 0 aliphatic heterocycles. The highest BCUT2D eigenvalue weighted by Gasteiger charge is 2.18. The van der Waals surface area contributed by atoms with E-state index in [1.54, 1.807) is 23.1 Å². The van der Waals surface area contributed by atoms with Gasteiger partial charge in [-0.05, 0) is 48.2 Å². The average molecular weight is 384 g/mol. The Bertz CT molecular complexity index is 854. The maximum Gasteiger partial charge on any atom is 0.270 e. The molecule has 1 amide bonds. The van der Waals surface area contributed by atoms with Crippen molar-refractivity contribution in [3.8, 4) is 22.0 Å². The van der Waals surface area contributed by atoms with Gasteiger partial charge in [-0.1, -0.05) is 32.3 Å². The number of aromatic nitrogens is 2. The summed E-state index contributed by atoms with van der Waals surface area (Å²) in [5.74, 6) is 0.670. The number of nitrogens with zero attached hydrogens (tertiary/aromatic N) is 2. The van der Waals surface area contributed by atoms with Crippen LogP contribution in [-0.4, -0.2) is 29.3 Å². The summed E-state index contributed by atoms with van der Waals surface area (Å²) in [7, 11) is 1.63. The van der Waals surface area contributed by atoms with Crippen LogP contribution in [0.15, 0.2) is 47.8 Å². The van der Waals surface area contributed by atoms with Gasteiger partial charge in [-0.15, -0.1) is 11.3 Å². The predicted molar refractivity (Wildman–Crippen MR) is 110 cm³/mol. The molecule has 0 saturated carbocycles. The van der Waals surface area contributed by atoms with Crippen molar-refractivity contribution in [3.63, 3.8) is 0 Å². The van der Waals surface area contributed by atoms with Crippen LogP contribution >= 0.6 is 11.3 Å². The second kappa shape index (κ2) is 9.37. The maximum atomic E-state index is 12.8. The summed E-state index contributed by atoms with van der Waals surface area (Å²) < 4.78 is 6.93. The number of rotatable bonds is 9.